The molecule has 1 fully saturated rings. The molecule has 0 bridgehead atoms. The minimum Gasteiger partial charge on any atom is -0.486 e. The van der Waals surface area contributed by atoms with Gasteiger partial charge in [0.15, 0.2) is 5.78 Å². The van der Waals surface area contributed by atoms with E-state index in [-0.39, 0.29) is 24.3 Å². The molecule has 1 atom stereocenters. The number of nitrogens with one attached hydrogen (secondary N) is 3. The molecule has 1 aliphatic heterocycles. The number of benzene rings is 4. The Hall–Kier alpha value is -4.69. The van der Waals surface area contributed by atoms with E-state index in [1.54, 1.807) is 0 Å². The molecule has 0 aliphatic carbocycles. The van der Waals surface area contributed by atoms with Gasteiger partial charge in [-0.15, -0.1) is 0 Å². The first-order chi connectivity index (χ1) is 23.4. The number of anilines is 1. The van der Waals surface area contributed by atoms with Gasteiger partial charge in [0.05, 0.1) is 0 Å². The highest BCUT2D eigenvalue weighted by atomic mass is 16.5. The van der Waals surface area contributed by atoms with Gasteiger partial charge >= 0.3 is 6.03 Å². The molecule has 1 saturated heterocycles. The van der Waals surface area contributed by atoms with Gasteiger partial charge in [-0.1, -0.05) is 80.1 Å². The number of para-hydroxylation sites is 1. The summed E-state index contributed by atoms with van der Waals surface area (Å²) < 4.78 is 5.78. The third kappa shape index (κ3) is 9.91. The van der Waals surface area contributed by atoms with Gasteiger partial charge in [0.25, 0.3) is 5.91 Å². The van der Waals surface area contributed by atoms with Crippen molar-refractivity contribution in [3.63, 3.8) is 0 Å². The van der Waals surface area contributed by atoms with Crippen LogP contribution in [0.4, 0.5) is 10.5 Å². The maximum Gasteiger partial charge on any atom is 0.319 e. The SMILES string of the molecule is CCC(CCN1CCC(c2ccccc2C(=O)NCCNC(=O)Nc2ccc3ccccc3c2)CC1)CC(=O)COc1ccccc1C. The van der Waals surface area contributed by atoms with Gasteiger partial charge in [0, 0.05) is 30.8 Å². The fraction of sp³-hybridized carbons (Fsp3) is 0.375. The molecule has 0 spiro atoms. The van der Waals surface area contributed by atoms with Crippen LogP contribution in [0.2, 0.25) is 0 Å². The van der Waals surface area contributed by atoms with Crippen LogP contribution in [0.15, 0.2) is 91.0 Å². The van der Waals surface area contributed by atoms with E-state index in [1.807, 2.05) is 91.9 Å². The first kappa shape index (κ1) is 34.6. The number of piperidine rings is 1. The van der Waals surface area contributed by atoms with Crippen LogP contribution in [-0.2, 0) is 4.79 Å². The monoisotopic (exact) mass is 648 g/mol. The highest BCUT2D eigenvalue weighted by molar-refractivity contribution is 5.96. The lowest BCUT2D eigenvalue weighted by atomic mass is 9.86. The van der Waals surface area contributed by atoms with E-state index in [0.29, 0.717) is 36.9 Å². The Morgan fingerprint density at radius 3 is 2.35 bits per heavy atom. The molecule has 0 saturated carbocycles. The van der Waals surface area contributed by atoms with Gasteiger partial charge in [0.1, 0.15) is 12.4 Å². The molecular weight excluding hydrogens is 600 g/mol. The Morgan fingerprint density at radius 1 is 0.854 bits per heavy atom. The minimum absolute atomic E-state index is 0.119. The molecule has 0 aromatic heterocycles. The third-order valence-corrected chi connectivity index (χ3v) is 9.37. The lowest BCUT2D eigenvalue weighted by Gasteiger charge is -2.33. The number of ether oxygens (including phenoxy) is 1. The fourth-order valence-corrected chi connectivity index (χ4v) is 6.49. The Kier molecular flexibility index (Phi) is 12.6. The Labute approximate surface area is 284 Å². The quantitative estimate of drug-likeness (QED) is 0.117. The van der Waals surface area contributed by atoms with Crippen molar-refractivity contribution in [3.8, 4) is 5.75 Å². The molecule has 4 aromatic rings. The van der Waals surface area contributed by atoms with Crippen molar-refractivity contribution in [1.82, 2.24) is 15.5 Å². The molecule has 48 heavy (non-hydrogen) atoms. The highest BCUT2D eigenvalue weighted by Crippen LogP contribution is 2.31. The Balaban J connectivity index is 1.01. The van der Waals surface area contributed by atoms with Crippen molar-refractivity contribution in [2.24, 2.45) is 5.92 Å². The lowest BCUT2D eigenvalue weighted by Crippen LogP contribution is -2.37. The van der Waals surface area contributed by atoms with Crippen LogP contribution in [0.1, 0.15) is 66.4 Å². The Bertz CT molecular complexity index is 1680. The number of fused-ring (bicyclic) bond motifs is 1. The maximum atomic E-state index is 13.2. The summed E-state index contributed by atoms with van der Waals surface area (Å²) in [6.07, 6.45) is 4.48. The van der Waals surface area contributed by atoms with E-state index in [9.17, 15) is 14.4 Å². The summed E-state index contributed by atoms with van der Waals surface area (Å²) in [7, 11) is 0. The normalized spacial score (nSPS) is 14.3. The molecule has 5 rings (SSSR count). The minimum atomic E-state index is -0.310. The predicted octanol–water partition coefficient (Wildman–Crippen LogP) is 7.33. The molecule has 3 amide bonds. The first-order valence-electron chi connectivity index (χ1n) is 17.2. The number of nitrogens with zero attached hydrogens (tertiary/aromatic N) is 1. The second-order valence-electron chi connectivity index (χ2n) is 12.8. The van der Waals surface area contributed by atoms with Gasteiger partial charge in [-0.2, -0.15) is 0 Å². The summed E-state index contributed by atoms with van der Waals surface area (Å²) in [6, 6.07) is 29.1. The van der Waals surface area contributed by atoms with Gasteiger partial charge < -0.3 is 25.6 Å². The number of urea groups is 1. The number of hydrogen-bond acceptors (Lipinski definition) is 5. The number of hydrogen-bond donors (Lipinski definition) is 3. The smallest absolute Gasteiger partial charge is 0.319 e. The molecule has 0 radical (unpaired) electrons. The number of ketones is 1. The summed E-state index contributed by atoms with van der Waals surface area (Å²) in [5.41, 5.74) is 3.54. The molecule has 8 nitrogen and oxygen atoms in total. The van der Waals surface area contributed by atoms with Crippen LogP contribution < -0.4 is 20.7 Å². The van der Waals surface area contributed by atoms with Gasteiger partial charge in [-0.3, -0.25) is 9.59 Å². The van der Waals surface area contributed by atoms with Crippen molar-refractivity contribution in [3.05, 3.63) is 108 Å². The van der Waals surface area contributed by atoms with Gasteiger partial charge in [0.2, 0.25) is 0 Å². The van der Waals surface area contributed by atoms with Crippen molar-refractivity contribution >= 4 is 34.2 Å². The number of carbonyl (C=O) groups excluding carboxylic acids is 3. The molecular formula is C40H48N4O4. The van der Waals surface area contributed by atoms with Crippen molar-refractivity contribution in [1.29, 1.82) is 0 Å². The molecule has 1 heterocycles. The summed E-state index contributed by atoms with van der Waals surface area (Å²) in [6.45, 7) is 7.83. The van der Waals surface area contributed by atoms with Gasteiger partial charge in [-0.05, 0) is 104 Å². The van der Waals surface area contributed by atoms with Crippen LogP contribution >= 0.6 is 0 Å². The highest BCUT2D eigenvalue weighted by Gasteiger charge is 2.25. The van der Waals surface area contributed by atoms with Crippen LogP contribution in [-0.4, -0.2) is 62.0 Å². The van der Waals surface area contributed by atoms with E-state index in [0.717, 1.165) is 78.7 Å². The molecule has 1 aliphatic rings. The van der Waals surface area contributed by atoms with Crippen LogP contribution in [0, 0.1) is 12.8 Å². The van der Waals surface area contributed by atoms with Crippen LogP contribution in [0.3, 0.4) is 0 Å². The largest absolute Gasteiger partial charge is 0.486 e. The van der Waals surface area contributed by atoms with Crippen LogP contribution in [0.25, 0.3) is 10.8 Å². The molecule has 8 heteroatoms. The Morgan fingerprint density at radius 2 is 1.56 bits per heavy atom. The molecule has 252 valence electrons. The fourth-order valence-electron chi connectivity index (χ4n) is 6.49. The van der Waals surface area contributed by atoms with E-state index < -0.39 is 0 Å². The zero-order chi connectivity index (χ0) is 33.7. The number of rotatable bonds is 15. The maximum absolute atomic E-state index is 13.2. The average molecular weight is 649 g/mol. The van der Waals surface area contributed by atoms with E-state index >= 15 is 0 Å². The number of carbonyl (C=O) groups is 3. The van der Waals surface area contributed by atoms with Gasteiger partial charge in [-0.25, -0.2) is 4.79 Å². The third-order valence-electron chi connectivity index (χ3n) is 9.37. The van der Waals surface area contributed by atoms with Crippen molar-refractivity contribution in [2.75, 3.05) is 44.6 Å². The summed E-state index contributed by atoms with van der Waals surface area (Å²) >= 11 is 0. The van der Waals surface area contributed by atoms with E-state index in [2.05, 4.69) is 33.8 Å². The second kappa shape index (κ2) is 17.5. The summed E-state index contributed by atoms with van der Waals surface area (Å²) in [5.74, 6) is 1.47. The van der Waals surface area contributed by atoms with Crippen molar-refractivity contribution in [2.45, 2.75) is 51.9 Å². The number of Topliss-reactive ketones (excluding diaryl/α,β-unsaturated/α-hetero) is 1. The molecule has 3 N–H and O–H groups in total. The van der Waals surface area contributed by atoms with E-state index in [4.69, 9.17) is 4.74 Å². The topological polar surface area (TPSA) is 99.8 Å². The number of likely N-dealkylation sites (tertiary alicyclic amines) is 1. The van der Waals surface area contributed by atoms with E-state index in [1.165, 1.54) is 0 Å². The average Bonchev–Trinajstić information content (AvgIpc) is 3.11. The zero-order valence-corrected chi connectivity index (χ0v) is 28.2. The number of aryl methyl sites for hydroxylation is 1. The van der Waals surface area contributed by atoms with Crippen LogP contribution in [0.5, 0.6) is 5.75 Å². The number of amides is 3. The summed E-state index contributed by atoms with van der Waals surface area (Å²) in [5, 5.41) is 10.8. The second-order valence-corrected chi connectivity index (χ2v) is 12.8. The predicted molar refractivity (Wildman–Crippen MR) is 193 cm³/mol. The standard InChI is InChI=1S/C40H48N4O4/c1-3-30(26-35(45)28-48-38-15-9-4-10-29(38)2)18-23-44-24-19-32(20-25-44)36-13-7-8-14-37(36)39(46)41-21-22-42-40(47)43-34-17-16-31-11-5-6-12-33(31)27-34/h4-17,27,30,32H,3,18-26,28H2,1-2H3,(H,41,46)(H2,42,43,47). The van der Waals surface area contributed by atoms with Crippen molar-refractivity contribution < 1.29 is 19.1 Å². The first-order valence-corrected chi connectivity index (χ1v) is 17.2. The molecule has 1 unspecified atom stereocenters. The molecule has 4 aromatic carbocycles. The summed E-state index contributed by atoms with van der Waals surface area (Å²) in [4.78, 5) is 40.8. The lowest BCUT2D eigenvalue weighted by molar-refractivity contribution is -0.122. The zero-order valence-electron chi connectivity index (χ0n) is 28.2.